The van der Waals surface area contributed by atoms with E-state index in [9.17, 15) is 4.79 Å². The minimum atomic E-state index is -0.324. The zero-order chi connectivity index (χ0) is 26.7. The van der Waals surface area contributed by atoms with Crippen LogP contribution in [-0.2, 0) is 11.3 Å². The maximum atomic E-state index is 11.9. The van der Waals surface area contributed by atoms with Gasteiger partial charge in [0, 0.05) is 42.1 Å². The van der Waals surface area contributed by atoms with Gasteiger partial charge in [-0.3, -0.25) is 0 Å². The third-order valence-electron chi connectivity index (χ3n) is 8.37. The van der Waals surface area contributed by atoms with Gasteiger partial charge in [-0.15, -0.1) is 0 Å². The molecule has 39 heavy (non-hydrogen) atoms. The molecule has 0 spiro atoms. The smallest absolute Gasteiger partial charge is 0.337 e. The molecule has 7 rings (SSSR count). The molecule has 0 amide bonds. The van der Waals surface area contributed by atoms with E-state index in [0.717, 1.165) is 64.8 Å². The third kappa shape index (κ3) is 4.38. The summed E-state index contributed by atoms with van der Waals surface area (Å²) < 4.78 is 10.7. The van der Waals surface area contributed by atoms with Crippen LogP contribution < -0.4 is 15.8 Å². The topological polar surface area (TPSA) is 79.6 Å². The number of anilines is 1. The van der Waals surface area contributed by atoms with Gasteiger partial charge in [-0.05, 0) is 66.4 Å². The van der Waals surface area contributed by atoms with Crippen molar-refractivity contribution in [1.82, 2.24) is 15.9 Å². The minimum Gasteiger partial charge on any atom is -0.465 e. The Hall–Kier alpha value is -3.10. The number of hydrogen-bond donors (Lipinski definition) is 2. The summed E-state index contributed by atoms with van der Waals surface area (Å²) in [6.45, 7) is 1.57. The normalized spacial score (nSPS) is 22.1. The molecule has 1 aromatic heterocycles. The largest absolute Gasteiger partial charge is 0.465 e. The van der Waals surface area contributed by atoms with Crippen LogP contribution in [0.2, 0.25) is 10.0 Å². The van der Waals surface area contributed by atoms with E-state index in [-0.39, 0.29) is 5.97 Å². The predicted octanol–water partition coefficient (Wildman–Crippen LogP) is 6.34. The number of aromatic nitrogens is 1. The molecule has 3 aliphatic rings. The number of carbonyl (C=O) groups excluding carboxylic acids is 1. The summed E-state index contributed by atoms with van der Waals surface area (Å²) in [6.07, 6.45) is 3.28. The third-order valence-corrected chi connectivity index (χ3v) is 9.00. The quantitative estimate of drug-likeness (QED) is 0.254. The molecule has 4 aromatic rings. The van der Waals surface area contributed by atoms with E-state index in [0.29, 0.717) is 46.1 Å². The standard InChI is InChI=1S/C30H28Cl2N4O3/c1-38-30(37)19-8-7-18-12-20(10-9-17(18)11-19)36-26-13-25(21(26)15-34-36)33-14-22-28(35-39-29(22)16-5-6-16)27-23(31)3-2-4-24(27)32/h2-4,7-12,16,21,25-26,33-34H,5-6,13-15H2,1H3. The summed E-state index contributed by atoms with van der Waals surface area (Å²) in [5.74, 6) is 1.55. The van der Waals surface area contributed by atoms with E-state index >= 15 is 0 Å². The Labute approximate surface area is 236 Å². The van der Waals surface area contributed by atoms with Crippen LogP contribution in [0.15, 0.2) is 59.1 Å². The average Bonchev–Trinajstić information content (AvgIpc) is 3.61. The first kappa shape index (κ1) is 24.9. The fourth-order valence-corrected chi connectivity index (χ4v) is 6.61. The van der Waals surface area contributed by atoms with Crippen molar-refractivity contribution in [2.45, 2.75) is 43.8 Å². The van der Waals surface area contributed by atoms with Crippen molar-refractivity contribution in [2.75, 3.05) is 18.7 Å². The van der Waals surface area contributed by atoms with Crippen molar-refractivity contribution in [3.05, 3.63) is 81.5 Å². The summed E-state index contributed by atoms with van der Waals surface area (Å²) in [6, 6.07) is 18.3. The lowest BCUT2D eigenvalue weighted by molar-refractivity contribution is 0.0601. The van der Waals surface area contributed by atoms with Gasteiger partial charge in [0.05, 0.1) is 34.4 Å². The summed E-state index contributed by atoms with van der Waals surface area (Å²) in [4.78, 5) is 11.9. The first-order chi connectivity index (χ1) is 19.0. The van der Waals surface area contributed by atoms with Gasteiger partial charge in [0.15, 0.2) is 0 Å². The van der Waals surface area contributed by atoms with Crippen LogP contribution in [0, 0.1) is 5.92 Å². The highest BCUT2D eigenvalue weighted by Crippen LogP contribution is 2.46. The summed E-state index contributed by atoms with van der Waals surface area (Å²) >= 11 is 13.1. The Bertz CT molecular complexity index is 1560. The Balaban J connectivity index is 1.06. The fourth-order valence-electron chi connectivity index (χ4n) is 6.04. The predicted molar refractivity (Wildman–Crippen MR) is 152 cm³/mol. The van der Waals surface area contributed by atoms with Gasteiger partial charge in [0.25, 0.3) is 0 Å². The van der Waals surface area contributed by atoms with E-state index in [1.807, 2.05) is 36.4 Å². The maximum Gasteiger partial charge on any atom is 0.337 e. The van der Waals surface area contributed by atoms with Crippen LogP contribution in [0.1, 0.15) is 46.9 Å². The van der Waals surface area contributed by atoms with Gasteiger partial charge in [0.2, 0.25) is 0 Å². The first-order valence-corrected chi connectivity index (χ1v) is 14.1. The van der Waals surface area contributed by atoms with E-state index < -0.39 is 0 Å². The molecule has 200 valence electrons. The van der Waals surface area contributed by atoms with Gasteiger partial charge in [-0.1, -0.05) is 46.6 Å². The van der Waals surface area contributed by atoms with E-state index in [2.05, 4.69) is 39.1 Å². The Morgan fingerprint density at radius 1 is 1.13 bits per heavy atom. The molecule has 2 aliphatic carbocycles. The number of rotatable bonds is 7. The molecular weight excluding hydrogens is 535 g/mol. The summed E-state index contributed by atoms with van der Waals surface area (Å²) in [5, 5.41) is 13.8. The van der Waals surface area contributed by atoms with Gasteiger partial charge >= 0.3 is 5.97 Å². The molecule has 3 atom stereocenters. The molecule has 2 N–H and O–H groups in total. The SMILES string of the molecule is COC(=O)c1ccc2cc(N3NCC4C(NCc5c(-c6c(Cl)cccc6Cl)noc5C5CC5)CC43)ccc2c1. The van der Waals surface area contributed by atoms with Crippen LogP contribution in [0.5, 0.6) is 0 Å². The second-order valence-corrected chi connectivity index (χ2v) is 11.5. The fraction of sp³-hybridized carbons (Fsp3) is 0.333. The van der Waals surface area contributed by atoms with Gasteiger partial charge < -0.3 is 19.6 Å². The molecule has 3 aromatic carbocycles. The highest BCUT2D eigenvalue weighted by Gasteiger charge is 2.48. The van der Waals surface area contributed by atoms with Crippen molar-refractivity contribution in [3.63, 3.8) is 0 Å². The maximum absolute atomic E-state index is 11.9. The van der Waals surface area contributed by atoms with Crippen LogP contribution in [0.3, 0.4) is 0 Å². The van der Waals surface area contributed by atoms with Gasteiger partial charge in [-0.25, -0.2) is 10.2 Å². The van der Waals surface area contributed by atoms with Crippen molar-refractivity contribution in [1.29, 1.82) is 0 Å². The molecule has 2 saturated carbocycles. The van der Waals surface area contributed by atoms with Crippen molar-refractivity contribution in [2.24, 2.45) is 5.92 Å². The Morgan fingerprint density at radius 2 is 1.90 bits per heavy atom. The molecular formula is C30H28Cl2N4O3. The molecule has 1 aliphatic heterocycles. The lowest BCUT2D eigenvalue weighted by atomic mass is 9.75. The number of methoxy groups -OCH3 is 1. The second kappa shape index (κ2) is 9.82. The zero-order valence-corrected chi connectivity index (χ0v) is 22.9. The lowest BCUT2D eigenvalue weighted by Gasteiger charge is -2.43. The number of nitrogens with zero attached hydrogens (tertiary/aromatic N) is 2. The molecule has 2 heterocycles. The summed E-state index contributed by atoms with van der Waals surface area (Å²) in [7, 11) is 1.40. The van der Waals surface area contributed by atoms with Crippen LogP contribution in [-0.4, -0.2) is 36.9 Å². The number of halogens is 2. The average molecular weight is 563 g/mol. The number of esters is 1. The number of benzene rings is 3. The molecule has 3 fully saturated rings. The highest BCUT2D eigenvalue weighted by atomic mass is 35.5. The second-order valence-electron chi connectivity index (χ2n) is 10.7. The van der Waals surface area contributed by atoms with Crippen molar-refractivity contribution in [3.8, 4) is 11.3 Å². The number of fused-ring (bicyclic) bond motifs is 2. The zero-order valence-electron chi connectivity index (χ0n) is 21.4. The van der Waals surface area contributed by atoms with E-state index in [1.165, 1.54) is 7.11 Å². The lowest BCUT2D eigenvalue weighted by Crippen LogP contribution is -2.56. The molecule has 0 bridgehead atoms. The van der Waals surface area contributed by atoms with Gasteiger partial charge in [-0.2, -0.15) is 0 Å². The number of ether oxygens (including phenoxy) is 1. The number of hydrazine groups is 1. The Morgan fingerprint density at radius 3 is 2.67 bits per heavy atom. The molecule has 1 saturated heterocycles. The van der Waals surface area contributed by atoms with E-state index in [1.54, 1.807) is 0 Å². The minimum absolute atomic E-state index is 0.324. The van der Waals surface area contributed by atoms with Gasteiger partial charge in [0.1, 0.15) is 11.5 Å². The molecule has 7 nitrogen and oxygen atoms in total. The summed E-state index contributed by atoms with van der Waals surface area (Å²) in [5.41, 5.74) is 7.85. The molecule has 9 heteroatoms. The van der Waals surface area contributed by atoms with Crippen molar-refractivity contribution < 1.29 is 14.1 Å². The first-order valence-electron chi connectivity index (χ1n) is 13.3. The highest BCUT2D eigenvalue weighted by molar-refractivity contribution is 6.39. The number of nitrogens with one attached hydrogen (secondary N) is 2. The molecule has 3 unspecified atom stereocenters. The van der Waals surface area contributed by atoms with Crippen LogP contribution in [0.25, 0.3) is 22.0 Å². The Kier molecular flexibility index (Phi) is 6.27. The monoisotopic (exact) mass is 562 g/mol. The molecule has 0 radical (unpaired) electrons. The van der Waals surface area contributed by atoms with Crippen LogP contribution in [0.4, 0.5) is 5.69 Å². The number of hydrogen-bond acceptors (Lipinski definition) is 7. The van der Waals surface area contributed by atoms with Crippen molar-refractivity contribution >= 4 is 45.6 Å². The van der Waals surface area contributed by atoms with E-state index in [4.69, 9.17) is 32.5 Å². The number of carbonyl (C=O) groups is 1. The van der Waals surface area contributed by atoms with Crippen LogP contribution >= 0.6 is 23.2 Å².